The number of hydrogen-bond acceptors (Lipinski definition) is 4. The maximum Gasteiger partial charge on any atom is 0.116 e. The van der Waals surface area contributed by atoms with Gasteiger partial charge in [0.2, 0.25) is 0 Å². The molecule has 0 bridgehead atoms. The van der Waals surface area contributed by atoms with Gasteiger partial charge in [-0.05, 0) is 12.1 Å². The molecule has 2 aromatic rings. The first-order chi connectivity index (χ1) is 6.86. The molecule has 3 rings (SSSR count). The highest BCUT2D eigenvalue weighted by atomic mass is 32.2. The molecule has 1 aromatic heterocycles. The van der Waals surface area contributed by atoms with Crippen LogP contribution in [0, 0.1) is 0 Å². The Balaban J connectivity index is 2.50. The molecule has 0 N–H and O–H groups in total. The van der Waals surface area contributed by atoms with Gasteiger partial charge in [0.15, 0.2) is 0 Å². The lowest BCUT2D eigenvalue weighted by molar-refractivity contribution is 0.691. The van der Waals surface area contributed by atoms with Gasteiger partial charge in [-0.15, -0.1) is 0 Å². The van der Waals surface area contributed by atoms with Crippen LogP contribution in [0.1, 0.15) is 0 Å². The third kappa shape index (κ3) is 0.927. The van der Waals surface area contributed by atoms with Crippen LogP contribution < -0.4 is 0 Å². The number of aliphatic imine (C=N–C) groups is 1. The average Bonchev–Trinajstić information content (AvgIpc) is 2.61. The van der Waals surface area contributed by atoms with E-state index in [4.69, 9.17) is 0 Å². The standard InChI is InChI=1S/C9H5N3OS/c13-14-5-12-8-2-1-7-6(9(8)14)3-10-4-11-7/h1-5H. The number of benzene rings is 1. The minimum atomic E-state index is -1.14. The third-order valence-electron chi connectivity index (χ3n) is 2.11. The highest BCUT2D eigenvalue weighted by Crippen LogP contribution is 2.32. The summed E-state index contributed by atoms with van der Waals surface area (Å²) < 4.78 is 11.6. The first kappa shape index (κ1) is 7.75. The molecule has 0 saturated carbocycles. The number of nitrogens with zero attached hydrogens (tertiary/aromatic N) is 3. The van der Waals surface area contributed by atoms with Crippen LogP contribution in [0.2, 0.25) is 0 Å². The van der Waals surface area contributed by atoms with Crippen molar-refractivity contribution in [1.29, 1.82) is 0 Å². The maximum atomic E-state index is 11.6. The smallest absolute Gasteiger partial charge is 0.116 e. The average molecular weight is 203 g/mol. The fraction of sp³-hybridized carbons (Fsp3) is 0. The lowest BCUT2D eigenvalue weighted by Gasteiger charge is -2.00. The van der Waals surface area contributed by atoms with E-state index in [1.807, 2.05) is 12.1 Å². The van der Waals surface area contributed by atoms with Crippen molar-refractivity contribution < 1.29 is 4.21 Å². The largest absolute Gasteiger partial charge is 0.248 e. The second-order valence-corrected chi connectivity index (χ2v) is 4.12. The SMILES string of the molecule is O=S1C=Nc2ccc3ncncc3c21. The molecule has 1 aliphatic rings. The molecule has 0 saturated heterocycles. The summed E-state index contributed by atoms with van der Waals surface area (Å²) in [6.07, 6.45) is 3.15. The fourth-order valence-corrected chi connectivity index (χ4v) is 2.50. The van der Waals surface area contributed by atoms with Crippen LogP contribution in [0.15, 0.2) is 34.5 Å². The Morgan fingerprint density at radius 2 is 2.21 bits per heavy atom. The Labute approximate surface area is 82.2 Å². The van der Waals surface area contributed by atoms with Gasteiger partial charge in [-0.2, -0.15) is 0 Å². The number of rotatable bonds is 0. The summed E-state index contributed by atoms with van der Waals surface area (Å²) in [6.45, 7) is 0. The van der Waals surface area contributed by atoms with Gasteiger partial charge in [0, 0.05) is 11.6 Å². The van der Waals surface area contributed by atoms with E-state index in [2.05, 4.69) is 15.0 Å². The van der Waals surface area contributed by atoms with Gasteiger partial charge in [-0.3, -0.25) is 0 Å². The van der Waals surface area contributed by atoms with Gasteiger partial charge in [-0.1, -0.05) is 0 Å². The highest BCUT2D eigenvalue weighted by molar-refractivity contribution is 7.99. The molecule has 0 radical (unpaired) electrons. The van der Waals surface area contributed by atoms with E-state index in [1.165, 1.54) is 11.9 Å². The summed E-state index contributed by atoms with van der Waals surface area (Å²) in [7, 11) is -1.14. The summed E-state index contributed by atoms with van der Waals surface area (Å²) in [5.74, 6) is 0. The Morgan fingerprint density at radius 3 is 3.14 bits per heavy atom. The molecule has 0 spiro atoms. The predicted molar refractivity (Wildman–Crippen MR) is 54.1 cm³/mol. The number of fused-ring (bicyclic) bond motifs is 3. The summed E-state index contributed by atoms with van der Waals surface area (Å²) in [5, 5.41) is 0.820. The molecule has 1 aliphatic heterocycles. The molecule has 2 heterocycles. The lowest BCUT2D eigenvalue weighted by atomic mass is 10.2. The normalized spacial score (nSPS) is 18.7. The van der Waals surface area contributed by atoms with E-state index in [1.54, 1.807) is 6.20 Å². The molecule has 5 heteroatoms. The van der Waals surface area contributed by atoms with Crippen molar-refractivity contribution in [1.82, 2.24) is 9.97 Å². The van der Waals surface area contributed by atoms with Crippen molar-refractivity contribution >= 4 is 32.9 Å². The van der Waals surface area contributed by atoms with Gasteiger partial charge >= 0.3 is 0 Å². The Morgan fingerprint density at radius 1 is 1.29 bits per heavy atom. The Hall–Kier alpha value is -1.62. The van der Waals surface area contributed by atoms with Gasteiger partial charge in [-0.25, -0.2) is 19.2 Å². The molecule has 0 aliphatic carbocycles. The quantitative estimate of drug-likeness (QED) is 0.650. The minimum Gasteiger partial charge on any atom is -0.248 e. The van der Waals surface area contributed by atoms with Crippen molar-refractivity contribution in [3.05, 3.63) is 24.7 Å². The van der Waals surface area contributed by atoms with Crippen LogP contribution in [-0.2, 0) is 10.8 Å². The van der Waals surface area contributed by atoms with E-state index < -0.39 is 10.8 Å². The van der Waals surface area contributed by atoms with E-state index in [9.17, 15) is 4.21 Å². The van der Waals surface area contributed by atoms with Crippen molar-refractivity contribution in [2.45, 2.75) is 4.90 Å². The molecule has 14 heavy (non-hydrogen) atoms. The Kier molecular flexibility index (Phi) is 1.49. The van der Waals surface area contributed by atoms with E-state index in [0.29, 0.717) is 0 Å². The van der Waals surface area contributed by atoms with Crippen molar-refractivity contribution in [2.24, 2.45) is 4.99 Å². The number of aromatic nitrogens is 2. The molecule has 0 amide bonds. The zero-order valence-electron chi connectivity index (χ0n) is 7.04. The van der Waals surface area contributed by atoms with E-state index in [-0.39, 0.29) is 0 Å². The third-order valence-corrected chi connectivity index (χ3v) is 3.24. The van der Waals surface area contributed by atoms with Crippen LogP contribution in [-0.4, -0.2) is 19.7 Å². The summed E-state index contributed by atoms with van der Waals surface area (Å²) in [4.78, 5) is 12.8. The van der Waals surface area contributed by atoms with Crippen LogP contribution in [0.4, 0.5) is 5.69 Å². The first-order valence-electron chi connectivity index (χ1n) is 4.04. The molecule has 0 fully saturated rings. The predicted octanol–water partition coefficient (Wildman–Crippen LogP) is 1.41. The summed E-state index contributed by atoms with van der Waals surface area (Å²) in [6, 6.07) is 3.68. The number of hydrogen-bond donors (Lipinski definition) is 0. The van der Waals surface area contributed by atoms with Crippen molar-refractivity contribution in [3.8, 4) is 0 Å². The first-order valence-corrected chi connectivity index (χ1v) is 5.25. The molecule has 1 atom stereocenters. The van der Waals surface area contributed by atoms with Crippen molar-refractivity contribution in [2.75, 3.05) is 0 Å². The topological polar surface area (TPSA) is 55.2 Å². The van der Waals surface area contributed by atoms with Crippen LogP contribution in [0.3, 0.4) is 0 Å². The molecule has 1 unspecified atom stereocenters. The zero-order chi connectivity index (χ0) is 9.54. The highest BCUT2D eigenvalue weighted by Gasteiger charge is 2.17. The summed E-state index contributed by atoms with van der Waals surface area (Å²) >= 11 is 0. The molecule has 1 aromatic carbocycles. The van der Waals surface area contributed by atoms with Gasteiger partial charge in [0.05, 0.1) is 32.4 Å². The second-order valence-electron chi connectivity index (χ2n) is 2.90. The van der Waals surface area contributed by atoms with Gasteiger partial charge in [0.1, 0.15) is 6.33 Å². The minimum absolute atomic E-state index is 0.725. The van der Waals surface area contributed by atoms with Crippen LogP contribution in [0.5, 0.6) is 0 Å². The van der Waals surface area contributed by atoms with Crippen LogP contribution >= 0.6 is 0 Å². The second kappa shape index (κ2) is 2.68. The zero-order valence-corrected chi connectivity index (χ0v) is 7.86. The van der Waals surface area contributed by atoms with E-state index >= 15 is 0 Å². The molecular weight excluding hydrogens is 198 g/mol. The monoisotopic (exact) mass is 203 g/mol. The lowest BCUT2D eigenvalue weighted by Crippen LogP contribution is -1.89. The van der Waals surface area contributed by atoms with Crippen molar-refractivity contribution in [3.63, 3.8) is 0 Å². The molecular formula is C9H5N3OS. The summed E-state index contributed by atoms with van der Waals surface area (Å²) in [5.41, 5.74) is 3.00. The van der Waals surface area contributed by atoms with Gasteiger partial charge < -0.3 is 0 Å². The van der Waals surface area contributed by atoms with Gasteiger partial charge in [0.25, 0.3) is 0 Å². The fourth-order valence-electron chi connectivity index (χ4n) is 1.49. The Bertz CT molecular complexity index is 579. The molecule has 68 valence electrons. The van der Waals surface area contributed by atoms with E-state index in [0.717, 1.165) is 21.5 Å². The maximum absolute atomic E-state index is 11.6. The van der Waals surface area contributed by atoms with Crippen LogP contribution in [0.25, 0.3) is 10.9 Å². The molecule has 4 nitrogen and oxygen atoms in total.